The van der Waals surface area contributed by atoms with Gasteiger partial charge < -0.3 is 21.7 Å². The first-order valence-corrected chi connectivity index (χ1v) is 10.3. The van der Waals surface area contributed by atoms with Crippen LogP contribution in [-0.2, 0) is 14.4 Å². The summed E-state index contributed by atoms with van der Waals surface area (Å²) in [4.78, 5) is 31.4. The Hall–Kier alpha value is -2.57. The molecule has 1 aliphatic carbocycles. The summed E-state index contributed by atoms with van der Waals surface area (Å²) < 4.78 is 0. The van der Waals surface area contributed by atoms with Gasteiger partial charge in [0.05, 0.1) is 6.04 Å². The number of rotatable bonds is 10. The number of anilines is 1. The van der Waals surface area contributed by atoms with Crippen molar-refractivity contribution in [2.24, 2.45) is 5.41 Å². The molecular weight excluding hydrogens is 368 g/mol. The molecule has 0 heterocycles. The van der Waals surface area contributed by atoms with Crippen molar-refractivity contribution in [3.8, 4) is 0 Å². The first-order valence-electron chi connectivity index (χ1n) is 10.3. The highest BCUT2D eigenvalue weighted by Gasteiger charge is 2.38. The van der Waals surface area contributed by atoms with Gasteiger partial charge in [-0.25, -0.2) is 0 Å². The van der Waals surface area contributed by atoms with Crippen LogP contribution < -0.4 is 21.7 Å². The molecule has 1 aliphatic rings. The Morgan fingerprint density at radius 3 is 2.48 bits per heavy atom. The molecule has 7 heteroatoms. The summed E-state index contributed by atoms with van der Waals surface area (Å²) in [7, 11) is 1.62. The zero-order chi connectivity index (χ0) is 21.7. The maximum Gasteiger partial charge on any atom is 0.219 e. The van der Waals surface area contributed by atoms with Gasteiger partial charge in [-0.3, -0.25) is 14.4 Å². The second-order valence-corrected chi connectivity index (χ2v) is 7.90. The molecule has 7 nitrogen and oxygen atoms in total. The molecular formula is C22H36N4O3. The molecule has 3 amide bonds. The minimum atomic E-state index is 0.0519. The molecule has 1 fully saturated rings. The van der Waals surface area contributed by atoms with Crippen LogP contribution >= 0.6 is 0 Å². The van der Waals surface area contributed by atoms with Crippen LogP contribution in [0.4, 0.5) is 5.69 Å². The van der Waals surface area contributed by atoms with E-state index in [0.717, 1.165) is 43.3 Å². The molecule has 0 bridgehead atoms. The number of nitrogens with one attached hydrogen (secondary N) is 3. The summed E-state index contributed by atoms with van der Waals surface area (Å²) in [5.74, 6) is 0.0519. The lowest BCUT2D eigenvalue weighted by atomic mass is 9.76. The number of aryl methyl sites for hydroxylation is 1. The number of hydrogen-bond donors (Lipinski definition) is 4. The van der Waals surface area contributed by atoms with Crippen LogP contribution in [0.5, 0.6) is 0 Å². The predicted octanol–water partition coefficient (Wildman–Crippen LogP) is 2.59. The van der Waals surface area contributed by atoms with E-state index in [2.05, 4.69) is 29.8 Å². The molecule has 5 N–H and O–H groups in total. The van der Waals surface area contributed by atoms with E-state index in [-0.39, 0.29) is 17.4 Å². The van der Waals surface area contributed by atoms with Crippen molar-refractivity contribution in [3.05, 3.63) is 29.3 Å². The Kier molecular flexibility index (Phi) is 10.8. The molecule has 2 rings (SSSR count). The van der Waals surface area contributed by atoms with Crippen LogP contribution in [0.2, 0.25) is 0 Å². The van der Waals surface area contributed by atoms with Gasteiger partial charge in [-0.2, -0.15) is 0 Å². The average Bonchev–Trinajstić information content (AvgIpc) is 3.15. The highest BCUT2D eigenvalue weighted by atomic mass is 16.1. The monoisotopic (exact) mass is 404 g/mol. The lowest BCUT2D eigenvalue weighted by Crippen LogP contribution is -2.34. The minimum absolute atomic E-state index is 0.0519. The molecule has 0 spiro atoms. The summed E-state index contributed by atoms with van der Waals surface area (Å²) in [6.45, 7) is 5.00. The van der Waals surface area contributed by atoms with E-state index in [1.165, 1.54) is 18.4 Å². The van der Waals surface area contributed by atoms with E-state index >= 15 is 0 Å². The van der Waals surface area contributed by atoms with Gasteiger partial charge in [0.2, 0.25) is 18.7 Å². The van der Waals surface area contributed by atoms with E-state index in [4.69, 9.17) is 5.73 Å². The fraction of sp³-hybridized carbons (Fsp3) is 0.591. The number of nitrogen functional groups attached to an aromatic ring is 1. The Morgan fingerprint density at radius 2 is 1.90 bits per heavy atom. The molecule has 162 valence electrons. The Labute approximate surface area is 174 Å². The van der Waals surface area contributed by atoms with Crippen LogP contribution in [-0.4, -0.2) is 32.3 Å². The Balaban J connectivity index is 0.000000331. The molecule has 0 aromatic heterocycles. The number of unbranched alkanes of at least 4 members (excludes halogenated alkanes) is 1. The number of carbonyl (C=O) groups is 3. The van der Waals surface area contributed by atoms with E-state index in [1.54, 1.807) is 7.05 Å². The van der Waals surface area contributed by atoms with E-state index in [1.807, 2.05) is 18.2 Å². The maximum atomic E-state index is 10.9. The van der Waals surface area contributed by atoms with Gasteiger partial charge in [-0.15, -0.1) is 0 Å². The van der Waals surface area contributed by atoms with Crippen LogP contribution in [0.25, 0.3) is 0 Å². The molecule has 0 aliphatic heterocycles. The average molecular weight is 405 g/mol. The van der Waals surface area contributed by atoms with Crippen molar-refractivity contribution in [1.29, 1.82) is 0 Å². The molecule has 29 heavy (non-hydrogen) atoms. The zero-order valence-corrected chi connectivity index (χ0v) is 17.9. The van der Waals surface area contributed by atoms with Crippen molar-refractivity contribution >= 4 is 24.4 Å². The first kappa shape index (κ1) is 24.5. The van der Waals surface area contributed by atoms with E-state index in [0.29, 0.717) is 19.4 Å². The molecule has 0 saturated heterocycles. The summed E-state index contributed by atoms with van der Waals surface area (Å²) in [6, 6.07) is 6.01. The van der Waals surface area contributed by atoms with Gasteiger partial charge in [0.25, 0.3) is 0 Å². The van der Waals surface area contributed by atoms with Gasteiger partial charge in [-0.1, -0.05) is 25.8 Å². The topological polar surface area (TPSA) is 113 Å². The number of nitrogens with two attached hydrogens (primary N) is 1. The van der Waals surface area contributed by atoms with Gasteiger partial charge >= 0.3 is 0 Å². The van der Waals surface area contributed by atoms with Crippen LogP contribution in [0, 0.1) is 12.3 Å². The lowest BCUT2D eigenvalue weighted by Gasteiger charge is -2.35. The predicted molar refractivity (Wildman–Crippen MR) is 116 cm³/mol. The summed E-state index contributed by atoms with van der Waals surface area (Å²) in [5, 5.41) is 8.07. The van der Waals surface area contributed by atoms with E-state index in [9.17, 15) is 14.4 Å². The van der Waals surface area contributed by atoms with Crippen molar-refractivity contribution in [2.75, 3.05) is 19.3 Å². The van der Waals surface area contributed by atoms with Crippen LogP contribution in [0.1, 0.15) is 69.0 Å². The zero-order valence-electron chi connectivity index (χ0n) is 17.9. The molecule has 1 atom stereocenters. The maximum absolute atomic E-state index is 10.9. The number of hydrogen-bond acceptors (Lipinski definition) is 4. The van der Waals surface area contributed by atoms with Gasteiger partial charge in [-0.05, 0) is 61.3 Å². The Morgan fingerprint density at radius 1 is 1.21 bits per heavy atom. The smallest absolute Gasteiger partial charge is 0.219 e. The molecule has 1 aromatic rings. The second kappa shape index (κ2) is 12.8. The van der Waals surface area contributed by atoms with Crippen molar-refractivity contribution < 1.29 is 14.4 Å². The summed E-state index contributed by atoms with van der Waals surface area (Å²) in [5.41, 5.74) is 9.15. The van der Waals surface area contributed by atoms with Crippen LogP contribution in [0.3, 0.4) is 0 Å². The highest BCUT2D eigenvalue weighted by molar-refractivity contribution is 5.75. The third-order valence-corrected chi connectivity index (χ3v) is 5.63. The van der Waals surface area contributed by atoms with Gasteiger partial charge in [0, 0.05) is 25.7 Å². The fourth-order valence-electron chi connectivity index (χ4n) is 3.87. The Bertz CT molecular complexity index is 657. The van der Waals surface area contributed by atoms with Crippen molar-refractivity contribution in [2.45, 2.75) is 64.8 Å². The fourth-order valence-corrected chi connectivity index (χ4v) is 3.87. The third-order valence-electron chi connectivity index (χ3n) is 5.63. The second-order valence-electron chi connectivity index (χ2n) is 7.90. The quantitative estimate of drug-likeness (QED) is 0.273. The normalized spacial score (nSPS) is 15.4. The van der Waals surface area contributed by atoms with Gasteiger partial charge in [0.1, 0.15) is 0 Å². The van der Waals surface area contributed by atoms with Crippen LogP contribution in [0.15, 0.2) is 18.2 Å². The molecule has 1 aromatic carbocycles. The number of benzene rings is 1. The summed E-state index contributed by atoms with van der Waals surface area (Å²) in [6.07, 6.45) is 8.50. The molecule has 1 unspecified atom stereocenters. The minimum Gasteiger partial charge on any atom is -0.399 e. The number of amides is 3. The highest BCUT2D eigenvalue weighted by Crippen LogP contribution is 2.47. The van der Waals surface area contributed by atoms with Gasteiger partial charge in [0.15, 0.2) is 0 Å². The SMILES string of the molecule is CNC(=O)CCCCNC=O.Cc1ccc(N)cc1C(NC=O)C1(C)CCCC1. The third kappa shape index (κ3) is 8.13. The largest absolute Gasteiger partial charge is 0.399 e. The lowest BCUT2D eigenvalue weighted by molar-refractivity contribution is -0.120. The number of carbonyl (C=O) groups excluding carboxylic acids is 3. The molecule has 1 saturated carbocycles. The van der Waals surface area contributed by atoms with Crippen molar-refractivity contribution in [1.82, 2.24) is 16.0 Å². The standard InChI is InChI=1S/C15H22N2O.C7H14N2O2/c1-11-5-6-12(16)9-13(11)14(17-10-18)15(2)7-3-4-8-15;1-8-7(11)4-2-3-5-9-6-10/h5-6,9-10,14H,3-4,7-8,16H2,1-2H3,(H,17,18);6H,2-5H2,1H3,(H,8,11)(H,9,10). The molecule has 0 radical (unpaired) electrons. The first-order chi connectivity index (χ1) is 13.9. The van der Waals surface area contributed by atoms with Crippen molar-refractivity contribution in [3.63, 3.8) is 0 Å². The summed E-state index contributed by atoms with van der Waals surface area (Å²) >= 11 is 0. The van der Waals surface area contributed by atoms with E-state index < -0.39 is 0 Å².